The molecule has 0 aliphatic rings. The fraction of sp³-hybridized carbons (Fsp3) is 0.150. The van der Waals surface area contributed by atoms with E-state index in [1.54, 1.807) is 36.8 Å². The Labute approximate surface area is 162 Å². The topological polar surface area (TPSA) is 76.1 Å². The van der Waals surface area contributed by atoms with Gasteiger partial charge in [0.05, 0.1) is 12.8 Å². The molecule has 7 heteroatoms. The molecule has 1 aromatic carbocycles. The number of pyridine rings is 2. The smallest absolute Gasteiger partial charge is 0.274 e. The zero-order chi connectivity index (χ0) is 19.2. The Morgan fingerprint density at radius 3 is 2.67 bits per heavy atom. The van der Waals surface area contributed by atoms with Gasteiger partial charge in [-0.05, 0) is 48.4 Å². The number of ether oxygens (including phenoxy) is 1. The van der Waals surface area contributed by atoms with Crippen molar-refractivity contribution in [1.29, 1.82) is 0 Å². The molecule has 138 valence electrons. The summed E-state index contributed by atoms with van der Waals surface area (Å²) in [6.45, 7) is 2.48. The van der Waals surface area contributed by atoms with E-state index in [9.17, 15) is 4.79 Å². The van der Waals surface area contributed by atoms with Gasteiger partial charge in [0.2, 0.25) is 0 Å². The molecule has 2 heterocycles. The number of carbonyl (C=O) groups is 1. The SMILES string of the molecule is COc1cc(Cl)c(C)cc1NC(=O)c1cc(NCc2ccncc2)ccn1. The third-order valence-electron chi connectivity index (χ3n) is 3.97. The number of benzene rings is 1. The summed E-state index contributed by atoms with van der Waals surface area (Å²) in [5.41, 5.74) is 3.57. The van der Waals surface area contributed by atoms with E-state index < -0.39 is 0 Å². The highest BCUT2D eigenvalue weighted by Gasteiger charge is 2.13. The van der Waals surface area contributed by atoms with Crippen molar-refractivity contribution in [1.82, 2.24) is 9.97 Å². The highest BCUT2D eigenvalue weighted by atomic mass is 35.5. The average Bonchev–Trinajstić information content (AvgIpc) is 2.70. The molecule has 0 radical (unpaired) electrons. The molecule has 3 rings (SSSR count). The number of anilines is 2. The van der Waals surface area contributed by atoms with Crippen LogP contribution >= 0.6 is 11.6 Å². The molecule has 3 aromatic rings. The number of hydrogen-bond acceptors (Lipinski definition) is 5. The zero-order valence-corrected chi connectivity index (χ0v) is 15.7. The summed E-state index contributed by atoms with van der Waals surface area (Å²) in [6.07, 6.45) is 5.07. The second-order valence-corrected chi connectivity index (χ2v) is 6.30. The van der Waals surface area contributed by atoms with Gasteiger partial charge in [0.25, 0.3) is 5.91 Å². The molecule has 0 saturated carbocycles. The fourth-order valence-corrected chi connectivity index (χ4v) is 2.64. The minimum atomic E-state index is -0.331. The van der Waals surface area contributed by atoms with Crippen molar-refractivity contribution in [2.75, 3.05) is 17.7 Å². The van der Waals surface area contributed by atoms with Crippen molar-refractivity contribution in [3.05, 3.63) is 76.8 Å². The number of halogens is 1. The van der Waals surface area contributed by atoms with Gasteiger partial charge in [0, 0.05) is 41.9 Å². The van der Waals surface area contributed by atoms with Crippen molar-refractivity contribution in [3.63, 3.8) is 0 Å². The molecule has 0 bridgehead atoms. The maximum Gasteiger partial charge on any atom is 0.274 e. The normalized spacial score (nSPS) is 10.3. The van der Waals surface area contributed by atoms with E-state index in [1.807, 2.05) is 25.1 Å². The van der Waals surface area contributed by atoms with Crippen molar-refractivity contribution in [3.8, 4) is 5.75 Å². The van der Waals surface area contributed by atoms with E-state index >= 15 is 0 Å². The number of rotatable bonds is 6. The van der Waals surface area contributed by atoms with E-state index in [4.69, 9.17) is 16.3 Å². The van der Waals surface area contributed by atoms with Gasteiger partial charge in [0.1, 0.15) is 11.4 Å². The lowest BCUT2D eigenvalue weighted by Gasteiger charge is -2.12. The fourth-order valence-electron chi connectivity index (χ4n) is 2.49. The predicted octanol–water partition coefficient (Wildman–Crippen LogP) is 4.31. The molecule has 2 aromatic heterocycles. The number of aromatic nitrogens is 2. The highest BCUT2D eigenvalue weighted by molar-refractivity contribution is 6.31. The van der Waals surface area contributed by atoms with Crippen LogP contribution in [0.15, 0.2) is 55.0 Å². The minimum absolute atomic E-state index is 0.296. The maximum absolute atomic E-state index is 12.6. The zero-order valence-electron chi connectivity index (χ0n) is 15.0. The largest absolute Gasteiger partial charge is 0.495 e. The van der Waals surface area contributed by atoms with Gasteiger partial charge < -0.3 is 15.4 Å². The molecule has 0 saturated heterocycles. The summed E-state index contributed by atoms with van der Waals surface area (Å²) in [4.78, 5) is 20.8. The summed E-state index contributed by atoms with van der Waals surface area (Å²) in [6, 6.07) is 10.8. The van der Waals surface area contributed by atoms with Gasteiger partial charge in [-0.15, -0.1) is 0 Å². The second-order valence-electron chi connectivity index (χ2n) is 5.89. The van der Waals surface area contributed by atoms with Gasteiger partial charge >= 0.3 is 0 Å². The first-order valence-electron chi connectivity index (χ1n) is 8.31. The van der Waals surface area contributed by atoms with E-state index in [1.165, 1.54) is 7.11 Å². The quantitative estimate of drug-likeness (QED) is 0.664. The summed E-state index contributed by atoms with van der Waals surface area (Å²) < 4.78 is 5.29. The lowest BCUT2D eigenvalue weighted by atomic mass is 10.2. The van der Waals surface area contributed by atoms with Crippen LogP contribution in [0.1, 0.15) is 21.6 Å². The lowest BCUT2D eigenvalue weighted by Crippen LogP contribution is -2.15. The first-order valence-corrected chi connectivity index (χ1v) is 8.69. The number of nitrogens with zero attached hydrogens (tertiary/aromatic N) is 2. The minimum Gasteiger partial charge on any atom is -0.495 e. The van der Waals surface area contributed by atoms with Crippen molar-refractivity contribution < 1.29 is 9.53 Å². The molecule has 0 unspecified atom stereocenters. The molecule has 2 N–H and O–H groups in total. The third kappa shape index (κ3) is 4.74. The van der Waals surface area contributed by atoms with Crippen LogP contribution in [-0.2, 0) is 6.54 Å². The molecule has 0 atom stereocenters. The Kier molecular flexibility index (Phi) is 5.88. The summed E-state index contributed by atoms with van der Waals surface area (Å²) in [5.74, 6) is 0.161. The van der Waals surface area contributed by atoms with Crippen LogP contribution in [0.4, 0.5) is 11.4 Å². The van der Waals surface area contributed by atoms with Crippen LogP contribution in [0.2, 0.25) is 5.02 Å². The van der Waals surface area contributed by atoms with Crippen LogP contribution in [0.25, 0.3) is 0 Å². The standard InChI is InChI=1S/C20H19ClN4O2/c1-13-9-17(19(27-2)11-16(13)21)25-20(26)18-10-15(5-8-23-18)24-12-14-3-6-22-7-4-14/h3-11H,12H2,1-2H3,(H,23,24)(H,25,26). The molecule has 0 fully saturated rings. The number of methoxy groups -OCH3 is 1. The van der Waals surface area contributed by atoms with Crippen molar-refractivity contribution in [2.24, 2.45) is 0 Å². The lowest BCUT2D eigenvalue weighted by molar-refractivity contribution is 0.102. The van der Waals surface area contributed by atoms with E-state index in [0.29, 0.717) is 28.7 Å². The van der Waals surface area contributed by atoms with Crippen molar-refractivity contribution >= 4 is 28.9 Å². The first-order chi connectivity index (χ1) is 13.1. The van der Waals surface area contributed by atoms with E-state index in [2.05, 4.69) is 20.6 Å². The van der Waals surface area contributed by atoms with Gasteiger partial charge in [-0.2, -0.15) is 0 Å². The molecule has 0 spiro atoms. The molecule has 6 nitrogen and oxygen atoms in total. The summed E-state index contributed by atoms with van der Waals surface area (Å²) in [7, 11) is 1.53. The summed E-state index contributed by atoms with van der Waals surface area (Å²) in [5, 5.41) is 6.67. The average molecular weight is 383 g/mol. The number of aryl methyl sites for hydroxylation is 1. The Morgan fingerprint density at radius 2 is 1.93 bits per heavy atom. The van der Waals surface area contributed by atoms with Crippen LogP contribution in [0, 0.1) is 6.92 Å². The number of amides is 1. The van der Waals surface area contributed by atoms with Crippen LogP contribution < -0.4 is 15.4 Å². The Morgan fingerprint density at radius 1 is 1.15 bits per heavy atom. The number of carbonyl (C=O) groups excluding carboxylic acids is 1. The van der Waals surface area contributed by atoms with E-state index in [-0.39, 0.29) is 5.91 Å². The monoisotopic (exact) mass is 382 g/mol. The Hall–Kier alpha value is -3.12. The first kappa shape index (κ1) is 18.7. The van der Waals surface area contributed by atoms with E-state index in [0.717, 1.165) is 16.8 Å². The van der Waals surface area contributed by atoms with Gasteiger partial charge in [0.15, 0.2) is 0 Å². The molecule has 0 aliphatic heterocycles. The van der Waals surface area contributed by atoms with Crippen molar-refractivity contribution in [2.45, 2.75) is 13.5 Å². The molecular formula is C20H19ClN4O2. The maximum atomic E-state index is 12.6. The number of nitrogens with one attached hydrogen (secondary N) is 2. The molecular weight excluding hydrogens is 364 g/mol. The third-order valence-corrected chi connectivity index (χ3v) is 4.37. The van der Waals surface area contributed by atoms with Crippen LogP contribution in [0.5, 0.6) is 5.75 Å². The molecule has 0 aliphatic carbocycles. The number of hydrogen-bond donors (Lipinski definition) is 2. The highest BCUT2D eigenvalue weighted by Crippen LogP contribution is 2.31. The van der Waals surface area contributed by atoms with Crippen LogP contribution in [-0.4, -0.2) is 23.0 Å². The van der Waals surface area contributed by atoms with Crippen LogP contribution in [0.3, 0.4) is 0 Å². The summed E-state index contributed by atoms with van der Waals surface area (Å²) >= 11 is 6.11. The Bertz CT molecular complexity index is 948. The molecule has 1 amide bonds. The van der Waals surface area contributed by atoms with Gasteiger partial charge in [-0.3, -0.25) is 14.8 Å². The van der Waals surface area contributed by atoms with Gasteiger partial charge in [-0.1, -0.05) is 11.6 Å². The predicted molar refractivity (Wildman–Crippen MR) is 106 cm³/mol. The second kappa shape index (κ2) is 8.51. The van der Waals surface area contributed by atoms with Gasteiger partial charge in [-0.25, -0.2) is 0 Å². The Balaban J connectivity index is 1.73. The molecule has 27 heavy (non-hydrogen) atoms.